The molecule has 0 aliphatic carbocycles. The molecular weight excluding hydrogens is 447 g/mol. The van der Waals surface area contributed by atoms with Gasteiger partial charge in [-0.25, -0.2) is 12.8 Å². The molecule has 4 rings (SSSR count). The van der Waals surface area contributed by atoms with E-state index < -0.39 is 26.5 Å². The van der Waals surface area contributed by atoms with Crippen molar-refractivity contribution in [1.29, 1.82) is 0 Å². The molecule has 0 aromatic heterocycles. The van der Waals surface area contributed by atoms with Crippen LogP contribution in [0.25, 0.3) is 0 Å². The predicted octanol–water partition coefficient (Wildman–Crippen LogP) is 3.07. The fourth-order valence-corrected chi connectivity index (χ4v) is 5.78. The molecule has 1 N–H and O–H groups in total. The molecule has 0 spiro atoms. The van der Waals surface area contributed by atoms with Crippen LogP contribution in [0, 0.1) is 15.9 Å². The lowest BCUT2D eigenvalue weighted by Crippen LogP contribution is -2.40. The summed E-state index contributed by atoms with van der Waals surface area (Å²) in [5, 5.41) is 15.9. The second-order valence-corrected chi connectivity index (χ2v) is 9.94. The van der Waals surface area contributed by atoms with Crippen LogP contribution in [0.5, 0.6) is 0 Å². The standard InChI is InChI=1S/C19H19FN4O5S2/c20-13-1-4-19-15(11-13)16(5-10-30-19)21-22-17-3-2-14(12-18(17)24(25)26)31(27,28)23-6-8-29-9-7-23/h1-4,11-12,22H,5-10H2. The van der Waals surface area contributed by atoms with Crippen molar-refractivity contribution < 1.29 is 22.5 Å². The van der Waals surface area contributed by atoms with Gasteiger partial charge in [0.1, 0.15) is 11.5 Å². The first kappa shape index (κ1) is 21.7. The molecule has 2 aliphatic rings. The van der Waals surface area contributed by atoms with Crippen LogP contribution < -0.4 is 5.43 Å². The van der Waals surface area contributed by atoms with Crippen LogP contribution in [-0.2, 0) is 14.8 Å². The maximum absolute atomic E-state index is 13.7. The minimum absolute atomic E-state index is 0.0506. The monoisotopic (exact) mass is 466 g/mol. The first-order valence-corrected chi connectivity index (χ1v) is 11.9. The molecule has 9 nitrogen and oxygen atoms in total. The molecule has 0 bridgehead atoms. The highest BCUT2D eigenvalue weighted by molar-refractivity contribution is 7.99. The third kappa shape index (κ3) is 4.56. The molecule has 0 unspecified atom stereocenters. The van der Waals surface area contributed by atoms with E-state index in [1.54, 1.807) is 17.8 Å². The van der Waals surface area contributed by atoms with Gasteiger partial charge in [-0.2, -0.15) is 9.41 Å². The number of hydrogen-bond donors (Lipinski definition) is 1. The van der Waals surface area contributed by atoms with E-state index in [1.165, 1.54) is 28.6 Å². The summed E-state index contributed by atoms with van der Waals surface area (Å²) in [7, 11) is -3.87. The van der Waals surface area contributed by atoms with Crippen LogP contribution in [0.1, 0.15) is 12.0 Å². The predicted molar refractivity (Wildman–Crippen MR) is 115 cm³/mol. The number of rotatable bonds is 5. The summed E-state index contributed by atoms with van der Waals surface area (Å²) in [6.07, 6.45) is 0.561. The smallest absolute Gasteiger partial charge is 0.295 e. The quantitative estimate of drug-likeness (QED) is 0.532. The number of hydrazone groups is 1. The van der Waals surface area contributed by atoms with Crippen LogP contribution in [-0.4, -0.2) is 55.4 Å². The Balaban J connectivity index is 1.64. The molecule has 0 saturated carbocycles. The lowest BCUT2D eigenvalue weighted by Gasteiger charge is -2.26. The highest BCUT2D eigenvalue weighted by Gasteiger charge is 2.29. The summed E-state index contributed by atoms with van der Waals surface area (Å²) in [6.45, 7) is 0.938. The number of halogens is 1. The molecule has 164 valence electrons. The summed E-state index contributed by atoms with van der Waals surface area (Å²) < 4.78 is 45.7. The lowest BCUT2D eigenvalue weighted by molar-refractivity contribution is -0.384. The van der Waals surface area contributed by atoms with Crippen molar-refractivity contribution in [2.45, 2.75) is 16.2 Å². The summed E-state index contributed by atoms with van der Waals surface area (Å²) in [5.74, 6) is 0.357. The fraction of sp³-hybridized carbons (Fsp3) is 0.316. The zero-order valence-electron chi connectivity index (χ0n) is 16.3. The van der Waals surface area contributed by atoms with Gasteiger partial charge in [0, 0.05) is 41.8 Å². The van der Waals surface area contributed by atoms with Crippen LogP contribution in [0.3, 0.4) is 0 Å². The van der Waals surface area contributed by atoms with Crippen LogP contribution in [0.4, 0.5) is 15.8 Å². The van der Waals surface area contributed by atoms with E-state index in [-0.39, 0.29) is 36.9 Å². The largest absolute Gasteiger partial charge is 0.379 e. The molecule has 2 heterocycles. The van der Waals surface area contributed by atoms with E-state index in [0.717, 1.165) is 16.7 Å². The van der Waals surface area contributed by atoms with Gasteiger partial charge in [0.05, 0.1) is 28.7 Å². The highest BCUT2D eigenvalue weighted by atomic mass is 32.2. The van der Waals surface area contributed by atoms with Crippen molar-refractivity contribution in [2.75, 3.05) is 37.5 Å². The summed E-state index contributed by atoms with van der Waals surface area (Å²) in [6, 6.07) is 8.09. The number of benzene rings is 2. The minimum Gasteiger partial charge on any atom is -0.379 e. The van der Waals surface area contributed by atoms with E-state index in [1.807, 2.05) is 0 Å². The van der Waals surface area contributed by atoms with Crippen molar-refractivity contribution in [3.05, 3.63) is 57.9 Å². The first-order valence-electron chi connectivity index (χ1n) is 9.48. The summed E-state index contributed by atoms with van der Waals surface area (Å²) in [4.78, 5) is 11.7. The number of fused-ring (bicyclic) bond motifs is 1. The first-order chi connectivity index (χ1) is 14.9. The van der Waals surface area contributed by atoms with E-state index in [0.29, 0.717) is 17.7 Å². The van der Waals surface area contributed by atoms with Crippen molar-refractivity contribution >= 4 is 38.9 Å². The van der Waals surface area contributed by atoms with Gasteiger partial charge in [-0.05, 0) is 30.3 Å². The van der Waals surface area contributed by atoms with Gasteiger partial charge in [-0.3, -0.25) is 15.5 Å². The zero-order chi connectivity index (χ0) is 22.0. The number of thioether (sulfide) groups is 1. The number of anilines is 1. The number of hydrogen-bond acceptors (Lipinski definition) is 8. The van der Waals surface area contributed by atoms with Gasteiger partial charge in [0.2, 0.25) is 10.0 Å². The second-order valence-electron chi connectivity index (χ2n) is 6.86. The highest BCUT2D eigenvalue weighted by Crippen LogP contribution is 2.32. The number of ether oxygens (including phenoxy) is 1. The molecule has 31 heavy (non-hydrogen) atoms. The van der Waals surface area contributed by atoms with E-state index >= 15 is 0 Å². The number of morpholine rings is 1. The third-order valence-corrected chi connectivity index (χ3v) is 7.90. The lowest BCUT2D eigenvalue weighted by atomic mass is 10.1. The topological polar surface area (TPSA) is 114 Å². The van der Waals surface area contributed by atoms with Crippen molar-refractivity contribution in [2.24, 2.45) is 5.10 Å². The zero-order valence-corrected chi connectivity index (χ0v) is 17.9. The molecule has 2 aliphatic heterocycles. The summed E-state index contributed by atoms with van der Waals surface area (Å²) >= 11 is 1.59. The maximum atomic E-state index is 13.7. The fourth-order valence-electron chi connectivity index (χ4n) is 3.34. The minimum atomic E-state index is -3.87. The molecule has 0 radical (unpaired) electrons. The maximum Gasteiger partial charge on any atom is 0.295 e. The number of nitrogens with one attached hydrogen (secondary N) is 1. The van der Waals surface area contributed by atoms with E-state index in [2.05, 4.69) is 10.5 Å². The number of nitro benzene ring substituents is 1. The number of sulfonamides is 1. The Morgan fingerprint density at radius 2 is 1.97 bits per heavy atom. The Morgan fingerprint density at radius 1 is 1.19 bits per heavy atom. The molecule has 1 fully saturated rings. The molecule has 0 atom stereocenters. The number of nitro groups is 1. The summed E-state index contributed by atoms with van der Waals surface area (Å²) in [5.41, 5.74) is 3.52. The van der Waals surface area contributed by atoms with Crippen molar-refractivity contribution in [3.8, 4) is 0 Å². The Morgan fingerprint density at radius 3 is 2.71 bits per heavy atom. The molecule has 12 heteroatoms. The molecule has 2 aromatic rings. The molecule has 2 aromatic carbocycles. The molecule has 0 amide bonds. The van der Waals surface area contributed by atoms with Crippen molar-refractivity contribution in [1.82, 2.24) is 4.31 Å². The van der Waals surface area contributed by atoms with Gasteiger partial charge in [0.25, 0.3) is 5.69 Å². The van der Waals surface area contributed by atoms with Gasteiger partial charge in [-0.1, -0.05) is 0 Å². The third-order valence-electron chi connectivity index (χ3n) is 4.93. The van der Waals surface area contributed by atoms with Crippen molar-refractivity contribution in [3.63, 3.8) is 0 Å². The number of nitrogens with zero attached hydrogens (tertiary/aromatic N) is 3. The van der Waals surface area contributed by atoms with Crippen LogP contribution in [0.15, 0.2) is 51.3 Å². The Kier molecular flexibility index (Phi) is 6.23. The molecule has 1 saturated heterocycles. The SMILES string of the molecule is O=[N+]([O-])c1cc(S(=O)(=O)N2CCOCC2)ccc1NN=C1CCSc2ccc(F)cc21. The Bertz CT molecular complexity index is 1150. The van der Waals surface area contributed by atoms with Gasteiger partial charge >= 0.3 is 0 Å². The van der Waals surface area contributed by atoms with Crippen LogP contribution >= 0.6 is 11.8 Å². The van der Waals surface area contributed by atoms with Gasteiger partial charge < -0.3 is 4.74 Å². The Hall–Kier alpha value is -2.54. The van der Waals surface area contributed by atoms with Crippen LogP contribution in [0.2, 0.25) is 0 Å². The van der Waals surface area contributed by atoms with E-state index in [9.17, 15) is 22.9 Å². The Labute approximate surface area is 182 Å². The molecular formula is C19H19FN4O5S2. The van der Waals surface area contributed by atoms with Gasteiger partial charge in [-0.15, -0.1) is 11.8 Å². The average Bonchev–Trinajstić information content (AvgIpc) is 2.78. The normalized spacial score (nSPS) is 18.5. The van der Waals surface area contributed by atoms with Gasteiger partial charge in [0.15, 0.2) is 0 Å². The second kappa shape index (κ2) is 8.91. The van der Waals surface area contributed by atoms with E-state index in [4.69, 9.17) is 4.74 Å². The average molecular weight is 467 g/mol.